The van der Waals surface area contributed by atoms with Gasteiger partial charge in [0.05, 0.1) is 6.04 Å². The number of ether oxygens (including phenoxy) is 3. The Hall–Kier alpha value is -2.12. The van der Waals surface area contributed by atoms with Crippen molar-refractivity contribution in [2.75, 3.05) is 6.61 Å². The molecule has 1 N–H and O–H groups in total. The fourth-order valence-electron chi connectivity index (χ4n) is 3.97. The average Bonchev–Trinajstić information content (AvgIpc) is 2.74. The predicted octanol–water partition coefficient (Wildman–Crippen LogP) is 5.01. The zero-order valence-electron chi connectivity index (χ0n) is 22.0. The Balaban J connectivity index is 4.67. The van der Waals surface area contributed by atoms with Crippen molar-refractivity contribution in [3.05, 3.63) is 0 Å². The summed E-state index contributed by atoms with van der Waals surface area (Å²) in [6.45, 7) is 7.41. The lowest BCUT2D eigenvalue weighted by atomic mass is 9.99. The quantitative estimate of drug-likeness (QED) is 0.147. The molecule has 0 spiro atoms. The Morgan fingerprint density at radius 2 is 1.18 bits per heavy atom. The molecule has 0 aliphatic heterocycles. The SMILES string of the molecule is CCCCCCCCCCCC[C@@H](CC[C@@H](OC(C)=O)[C@@H](COC(C)=O)NC(C)=O)OC(C)=O. The van der Waals surface area contributed by atoms with Gasteiger partial charge in [-0.15, -0.1) is 0 Å². The summed E-state index contributed by atoms with van der Waals surface area (Å²) >= 11 is 0. The number of esters is 3. The summed E-state index contributed by atoms with van der Waals surface area (Å²) in [7, 11) is 0. The lowest BCUT2D eigenvalue weighted by Crippen LogP contribution is -2.48. The predicted molar refractivity (Wildman–Crippen MR) is 131 cm³/mol. The number of nitrogens with one attached hydrogen (secondary N) is 1. The Bertz CT molecular complexity index is 594. The lowest BCUT2D eigenvalue weighted by Gasteiger charge is -2.28. The van der Waals surface area contributed by atoms with Gasteiger partial charge in [0.25, 0.3) is 0 Å². The van der Waals surface area contributed by atoms with Crippen molar-refractivity contribution in [3.63, 3.8) is 0 Å². The summed E-state index contributed by atoms with van der Waals surface area (Å²) < 4.78 is 16.0. The van der Waals surface area contributed by atoms with Gasteiger partial charge in [-0.1, -0.05) is 64.7 Å². The largest absolute Gasteiger partial charge is 0.464 e. The van der Waals surface area contributed by atoms with Crippen molar-refractivity contribution in [2.45, 2.75) is 136 Å². The fourth-order valence-corrected chi connectivity index (χ4v) is 3.97. The molecule has 34 heavy (non-hydrogen) atoms. The highest BCUT2D eigenvalue weighted by Crippen LogP contribution is 2.19. The van der Waals surface area contributed by atoms with Crippen LogP contribution in [0.5, 0.6) is 0 Å². The van der Waals surface area contributed by atoms with Crippen LogP contribution in [-0.2, 0) is 33.4 Å². The number of amides is 1. The van der Waals surface area contributed by atoms with Crippen LogP contribution in [0.4, 0.5) is 0 Å². The molecule has 0 bridgehead atoms. The van der Waals surface area contributed by atoms with Crippen molar-refractivity contribution in [1.29, 1.82) is 0 Å². The summed E-state index contributed by atoms with van der Waals surface area (Å²) in [4.78, 5) is 46.1. The molecule has 0 rings (SSSR count). The van der Waals surface area contributed by atoms with Gasteiger partial charge in [0, 0.05) is 27.7 Å². The molecule has 8 heteroatoms. The molecule has 1 amide bonds. The van der Waals surface area contributed by atoms with Gasteiger partial charge in [0.2, 0.25) is 5.91 Å². The van der Waals surface area contributed by atoms with E-state index in [0.29, 0.717) is 12.8 Å². The highest BCUT2D eigenvalue weighted by atomic mass is 16.6. The first-order chi connectivity index (χ1) is 16.1. The third-order valence-electron chi connectivity index (χ3n) is 5.61. The Morgan fingerprint density at radius 3 is 1.65 bits per heavy atom. The molecular weight excluding hydrogens is 438 g/mol. The number of hydrogen-bond acceptors (Lipinski definition) is 7. The maximum Gasteiger partial charge on any atom is 0.302 e. The van der Waals surface area contributed by atoms with E-state index in [0.717, 1.165) is 19.3 Å². The standard InChI is InChI=1S/C26H47NO7/c1-6-7-8-9-10-11-12-13-14-15-16-24(33-22(4)30)17-18-26(34-23(5)31)25(27-20(2)28)19-32-21(3)29/h24-26H,6-19H2,1-5H3,(H,27,28)/t24-,25+,26+/m0/s1. The zero-order chi connectivity index (χ0) is 25.8. The minimum atomic E-state index is -0.702. The van der Waals surface area contributed by atoms with Crippen molar-refractivity contribution < 1.29 is 33.4 Å². The monoisotopic (exact) mass is 485 g/mol. The Labute approximate surface area is 205 Å². The molecule has 0 fully saturated rings. The van der Waals surface area contributed by atoms with E-state index in [1.807, 2.05) is 0 Å². The molecule has 198 valence electrons. The summed E-state index contributed by atoms with van der Waals surface area (Å²) in [6.07, 6.45) is 12.8. The van der Waals surface area contributed by atoms with Gasteiger partial charge in [-0.25, -0.2) is 0 Å². The van der Waals surface area contributed by atoms with Crippen molar-refractivity contribution in [3.8, 4) is 0 Å². The summed E-state index contributed by atoms with van der Waals surface area (Å²) in [5, 5.41) is 2.69. The summed E-state index contributed by atoms with van der Waals surface area (Å²) in [5.74, 6) is -1.66. The van der Waals surface area contributed by atoms with Gasteiger partial charge in [0.15, 0.2) is 0 Å². The Morgan fingerprint density at radius 1 is 0.647 bits per heavy atom. The van der Waals surface area contributed by atoms with E-state index in [2.05, 4.69) is 12.2 Å². The van der Waals surface area contributed by atoms with Crippen molar-refractivity contribution >= 4 is 23.8 Å². The molecule has 0 aromatic carbocycles. The second-order valence-corrected chi connectivity index (χ2v) is 9.04. The average molecular weight is 486 g/mol. The molecule has 0 aromatic rings. The molecule has 8 nitrogen and oxygen atoms in total. The molecule has 0 aliphatic rings. The minimum Gasteiger partial charge on any atom is -0.464 e. The van der Waals surface area contributed by atoms with E-state index in [9.17, 15) is 19.2 Å². The topological polar surface area (TPSA) is 108 Å². The van der Waals surface area contributed by atoms with E-state index in [1.165, 1.54) is 79.1 Å². The lowest BCUT2D eigenvalue weighted by molar-refractivity contribution is -0.155. The van der Waals surface area contributed by atoms with Crippen LogP contribution in [0.1, 0.15) is 118 Å². The van der Waals surface area contributed by atoms with Gasteiger partial charge in [-0.2, -0.15) is 0 Å². The maximum absolute atomic E-state index is 11.6. The highest BCUT2D eigenvalue weighted by Gasteiger charge is 2.28. The van der Waals surface area contributed by atoms with Gasteiger partial charge >= 0.3 is 17.9 Å². The minimum absolute atomic E-state index is 0.108. The molecule has 3 atom stereocenters. The van der Waals surface area contributed by atoms with Crippen LogP contribution in [0, 0.1) is 0 Å². The second kappa shape index (κ2) is 20.3. The smallest absolute Gasteiger partial charge is 0.302 e. The van der Waals surface area contributed by atoms with E-state index >= 15 is 0 Å². The van der Waals surface area contributed by atoms with Crippen LogP contribution >= 0.6 is 0 Å². The molecule has 0 aliphatic carbocycles. The number of rotatable bonds is 20. The van der Waals surface area contributed by atoms with E-state index < -0.39 is 24.1 Å². The molecule has 0 aromatic heterocycles. The second-order valence-electron chi connectivity index (χ2n) is 9.04. The first kappa shape index (κ1) is 31.9. The molecule has 0 radical (unpaired) electrons. The first-order valence-corrected chi connectivity index (χ1v) is 12.9. The fraction of sp³-hybridized carbons (Fsp3) is 0.846. The first-order valence-electron chi connectivity index (χ1n) is 12.9. The molecule has 0 unspecified atom stereocenters. The third kappa shape index (κ3) is 19.4. The van der Waals surface area contributed by atoms with Crippen molar-refractivity contribution in [1.82, 2.24) is 5.32 Å². The van der Waals surface area contributed by atoms with Crippen LogP contribution in [0.25, 0.3) is 0 Å². The maximum atomic E-state index is 11.6. The molecule has 0 saturated carbocycles. The summed E-state index contributed by atoms with van der Waals surface area (Å²) in [6, 6.07) is -0.680. The summed E-state index contributed by atoms with van der Waals surface area (Å²) in [5.41, 5.74) is 0. The van der Waals surface area contributed by atoms with Crippen molar-refractivity contribution in [2.24, 2.45) is 0 Å². The van der Waals surface area contributed by atoms with Crippen LogP contribution in [-0.4, -0.2) is 48.7 Å². The number of carbonyl (C=O) groups is 4. The molecule has 0 saturated heterocycles. The zero-order valence-corrected chi connectivity index (χ0v) is 22.0. The van der Waals surface area contributed by atoms with E-state index in [1.54, 1.807) is 0 Å². The van der Waals surface area contributed by atoms with Gasteiger partial charge in [-0.05, 0) is 25.7 Å². The number of unbranched alkanes of at least 4 members (excludes halogenated alkanes) is 9. The normalized spacial score (nSPS) is 13.4. The van der Waals surface area contributed by atoms with Crippen LogP contribution in [0.3, 0.4) is 0 Å². The van der Waals surface area contributed by atoms with E-state index in [-0.39, 0.29) is 24.6 Å². The highest BCUT2D eigenvalue weighted by molar-refractivity contribution is 5.73. The van der Waals surface area contributed by atoms with Gasteiger partial charge in [0.1, 0.15) is 18.8 Å². The number of carbonyl (C=O) groups excluding carboxylic acids is 4. The van der Waals surface area contributed by atoms with Crippen LogP contribution in [0.15, 0.2) is 0 Å². The Kier molecular flexibility index (Phi) is 19.0. The van der Waals surface area contributed by atoms with E-state index in [4.69, 9.17) is 14.2 Å². The van der Waals surface area contributed by atoms with Gasteiger partial charge < -0.3 is 19.5 Å². The number of hydrogen-bond donors (Lipinski definition) is 1. The molecule has 0 heterocycles. The molecular formula is C26H47NO7. The van der Waals surface area contributed by atoms with Crippen LogP contribution in [0.2, 0.25) is 0 Å². The van der Waals surface area contributed by atoms with Crippen LogP contribution < -0.4 is 5.32 Å². The third-order valence-corrected chi connectivity index (χ3v) is 5.61. The van der Waals surface area contributed by atoms with Gasteiger partial charge in [-0.3, -0.25) is 19.2 Å².